The summed E-state index contributed by atoms with van der Waals surface area (Å²) in [6.45, 7) is 14.1. The van der Waals surface area contributed by atoms with Gasteiger partial charge in [-0.05, 0) is 0 Å². The maximum atomic E-state index is 7.25. The second-order valence-electron chi connectivity index (χ2n) is 11.4. The van der Waals surface area contributed by atoms with Crippen LogP contribution >= 0.6 is 24.8 Å². The maximum absolute atomic E-state index is 7.25. The zero-order valence-electron chi connectivity index (χ0n) is 23.5. The van der Waals surface area contributed by atoms with E-state index >= 15 is 0 Å². The minimum absolute atomic E-state index is 0. The Morgan fingerprint density at radius 1 is 0.789 bits per heavy atom. The molecule has 3 aromatic rings. The van der Waals surface area contributed by atoms with Gasteiger partial charge in [0.25, 0.3) is 0 Å². The molecule has 2 nitrogen and oxygen atoms in total. The van der Waals surface area contributed by atoms with E-state index in [4.69, 9.17) is 8.06 Å². The van der Waals surface area contributed by atoms with Crippen molar-refractivity contribution in [3.05, 3.63) is 117 Å². The summed E-state index contributed by atoms with van der Waals surface area (Å²) in [5.41, 5.74) is 3.73. The first-order valence-electron chi connectivity index (χ1n) is 12.7. The predicted octanol–water partition coefficient (Wildman–Crippen LogP) is 9.11. The number of hydrogen-bond donors (Lipinski definition) is 0. The van der Waals surface area contributed by atoms with Gasteiger partial charge >= 0.3 is 225 Å². The van der Waals surface area contributed by atoms with E-state index in [0.717, 1.165) is 17.9 Å². The third-order valence-corrected chi connectivity index (χ3v) is 12.9. The van der Waals surface area contributed by atoms with E-state index < -0.39 is 25.9 Å². The standard InChI is InChI=1S/C13H10.C11H16O2.C8H13Si.2ClH.Ti/c1-3-7-12(8-4-1)11-13-9-5-2-6-10-13;1-11(2,3)8-5-9(12)7-10(6-8)13-4;1-9(2,3)8-6-4-5-7-8;;;/h1-10H;5-7,12H,1-4H3;4,6H,5H2,1-3H3;2*1H;/q;;;;;+1/p-1. The van der Waals surface area contributed by atoms with Crippen molar-refractivity contribution in [3.63, 3.8) is 0 Å². The third-order valence-electron chi connectivity index (χ3n) is 6.57. The van der Waals surface area contributed by atoms with Crippen LogP contribution in [0.25, 0.3) is 0 Å². The van der Waals surface area contributed by atoms with Crippen LogP contribution in [0.5, 0.6) is 11.5 Å². The molecule has 0 fully saturated rings. The summed E-state index contributed by atoms with van der Waals surface area (Å²) >= 11 is -2.52. The molecule has 1 aliphatic rings. The number of ether oxygens (including phenoxy) is 1. The molecule has 6 heteroatoms. The van der Waals surface area contributed by atoms with Gasteiger partial charge in [-0.2, -0.15) is 0 Å². The largest absolute Gasteiger partial charge is 0.147 e. The molecule has 0 spiro atoms. The van der Waals surface area contributed by atoms with Gasteiger partial charge in [-0.25, -0.2) is 0 Å². The zero-order chi connectivity index (χ0) is 25.9. The van der Waals surface area contributed by atoms with Crippen LogP contribution in [-0.2, 0) is 23.2 Å². The van der Waals surface area contributed by atoms with Gasteiger partial charge in [0, 0.05) is 0 Å². The Morgan fingerprint density at radius 3 is 1.79 bits per heavy atom. The topological polar surface area (TPSA) is 18.5 Å². The minimum Gasteiger partial charge on any atom is -0.147 e. The van der Waals surface area contributed by atoms with Crippen LogP contribution in [-0.4, -0.2) is 19.0 Å². The molecule has 3 aromatic carbocycles. The van der Waals surface area contributed by atoms with Crippen molar-refractivity contribution in [3.8, 4) is 11.5 Å². The van der Waals surface area contributed by atoms with E-state index in [-0.39, 0.29) is 30.2 Å². The summed E-state index contributed by atoms with van der Waals surface area (Å²) in [7, 11) is 0.180. The number of halogens is 2. The number of methoxy groups -OCH3 is 1. The van der Waals surface area contributed by atoms with E-state index in [9.17, 15) is 0 Å². The summed E-state index contributed by atoms with van der Waals surface area (Å²) in [5, 5.41) is 1.56. The summed E-state index contributed by atoms with van der Waals surface area (Å²) < 4.78 is 15.9. The first kappa shape index (κ1) is 32.3. The first-order chi connectivity index (χ1) is 17.1. The summed E-state index contributed by atoms with van der Waals surface area (Å²) in [6.07, 6.45) is 5.71. The molecule has 0 bridgehead atoms. The van der Waals surface area contributed by atoms with Crippen molar-refractivity contribution in [2.45, 2.75) is 52.2 Å². The second kappa shape index (κ2) is 13.5. The molecule has 0 unspecified atom stereocenters. The quantitative estimate of drug-likeness (QED) is 0.251. The van der Waals surface area contributed by atoms with Crippen LogP contribution < -0.4 is 8.06 Å². The van der Waals surface area contributed by atoms with Gasteiger partial charge in [0.15, 0.2) is 0 Å². The van der Waals surface area contributed by atoms with E-state index in [1.165, 1.54) is 24.4 Å². The van der Waals surface area contributed by atoms with E-state index in [2.05, 4.69) is 131 Å². The molecule has 0 atom stereocenters. The van der Waals surface area contributed by atoms with Crippen LogP contribution in [0.15, 0.2) is 100 Å². The molecular weight excluding hydrogens is 563 g/mol. The van der Waals surface area contributed by atoms with Gasteiger partial charge in [0.2, 0.25) is 0 Å². The normalized spacial score (nSPS) is 12.9. The Balaban J connectivity index is 0.00000253. The Bertz CT molecular complexity index is 1280. The van der Waals surface area contributed by atoms with Gasteiger partial charge in [0.05, 0.1) is 0 Å². The molecule has 0 amide bonds. The van der Waals surface area contributed by atoms with E-state index in [1.807, 2.05) is 0 Å². The monoisotopic (exact) mass is 602 g/mol. The van der Waals surface area contributed by atoms with Crippen LogP contribution in [0.4, 0.5) is 0 Å². The van der Waals surface area contributed by atoms with Crippen LogP contribution in [0.2, 0.25) is 19.6 Å². The summed E-state index contributed by atoms with van der Waals surface area (Å²) in [4.78, 5) is 0. The Morgan fingerprint density at radius 2 is 1.32 bits per heavy atom. The zero-order valence-corrected chi connectivity index (χ0v) is 27.7. The number of allylic oxidation sites excluding steroid dienone is 4. The average Bonchev–Trinajstić information content (AvgIpc) is 3.35. The number of benzene rings is 3. The molecule has 0 heterocycles. The Hall–Kier alpha value is -1.88. The van der Waals surface area contributed by atoms with Crippen molar-refractivity contribution in [2.24, 2.45) is 0 Å². The Kier molecular flexibility index (Phi) is 11.5. The Labute approximate surface area is 248 Å². The predicted molar refractivity (Wildman–Crippen MR) is 167 cm³/mol. The molecule has 0 N–H and O–H groups in total. The van der Waals surface area contributed by atoms with Gasteiger partial charge in [-0.1, -0.05) is 0 Å². The van der Waals surface area contributed by atoms with Crippen LogP contribution in [0, 0.1) is 0 Å². The molecule has 0 saturated heterocycles. The van der Waals surface area contributed by atoms with E-state index in [0.29, 0.717) is 0 Å². The molecule has 202 valence electrons. The van der Waals surface area contributed by atoms with Crippen LogP contribution in [0.1, 0.15) is 43.9 Å². The van der Waals surface area contributed by atoms with E-state index in [1.54, 1.807) is 12.3 Å². The van der Waals surface area contributed by atoms with Crippen molar-refractivity contribution in [1.82, 2.24) is 0 Å². The van der Waals surface area contributed by atoms with Crippen molar-refractivity contribution in [2.75, 3.05) is 7.11 Å². The molecule has 0 aromatic heterocycles. The van der Waals surface area contributed by atoms with Gasteiger partial charge in [0.1, 0.15) is 0 Å². The average molecular weight is 604 g/mol. The number of hydrogen-bond acceptors (Lipinski definition) is 2. The number of rotatable bonds is 7. The summed E-state index contributed by atoms with van der Waals surface area (Å²) in [6, 6.07) is 28.1. The molecule has 1 aliphatic carbocycles. The molecule has 0 aliphatic heterocycles. The fraction of sp³-hybridized carbons (Fsp3) is 0.281. The smallest absolute Gasteiger partial charge is 0.147 e. The van der Waals surface area contributed by atoms with Crippen molar-refractivity contribution < 1.29 is 25.9 Å². The molecule has 0 radical (unpaired) electrons. The van der Waals surface area contributed by atoms with Crippen LogP contribution in [0.3, 0.4) is 0 Å². The summed E-state index contributed by atoms with van der Waals surface area (Å²) in [5.74, 6) is 1.76. The third kappa shape index (κ3) is 7.61. The van der Waals surface area contributed by atoms with Crippen molar-refractivity contribution >= 4 is 36.7 Å². The molecule has 38 heavy (non-hydrogen) atoms. The van der Waals surface area contributed by atoms with Gasteiger partial charge in [-0.3, -0.25) is 0 Å². The second-order valence-corrected chi connectivity index (χ2v) is 19.5. The fourth-order valence-electron chi connectivity index (χ4n) is 4.62. The SMILES string of the molecule is COc1cc([O][Ti]([C]2=C([Si](C)(C)C)C=CC2)=[C](c2ccccc2)c2ccccc2)cc(C(C)(C)C)c1.Cl.Cl. The fourth-order valence-corrected chi connectivity index (χ4v) is 12.2. The minimum atomic E-state index is -2.52. The molecule has 0 saturated carbocycles. The maximum Gasteiger partial charge on any atom is -0.147 e. The molecular formula is C32H40Cl2O2SiTi. The van der Waals surface area contributed by atoms with Gasteiger partial charge < -0.3 is 0 Å². The molecule has 4 rings (SSSR count). The van der Waals surface area contributed by atoms with Crippen molar-refractivity contribution in [1.29, 1.82) is 0 Å². The van der Waals surface area contributed by atoms with Gasteiger partial charge in [-0.15, -0.1) is 24.8 Å². The first-order valence-corrected chi connectivity index (χ1v) is 18.4.